The fourth-order valence-corrected chi connectivity index (χ4v) is 1.66. The summed E-state index contributed by atoms with van der Waals surface area (Å²) < 4.78 is 11.0. The number of carbonyl (C=O) groups is 1. The van der Waals surface area contributed by atoms with Gasteiger partial charge in [0.05, 0.1) is 0 Å². The molecule has 0 fully saturated rings. The first kappa shape index (κ1) is 16.8. The van der Waals surface area contributed by atoms with Crippen LogP contribution >= 0.6 is 0 Å². The van der Waals surface area contributed by atoms with Gasteiger partial charge in [0.15, 0.2) is 6.61 Å². The molecule has 6 heteroatoms. The van der Waals surface area contributed by atoms with Crippen molar-refractivity contribution in [3.8, 4) is 17.4 Å². The van der Waals surface area contributed by atoms with E-state index in [1.165, 1.54) is 0 Å². The van der Waals surface area contributed by atoms with Gasteiger partial charge in [-0.2, -0.15) is 0 Å². The topological polar surface area (TPSA) is 86.5 Å². The van der Waals surface area contributed by atoms with E-state index in [0.29, 0.717) is 23.9 Å². The second-order valence-corrected chi connectivity index (χ2v) is 5.80. The Balaban J connectivity index is 1.80. The van der Waals surface area contributed by atoms with Gasteiger partial charge >= 0.3 is 0 Å². The highest BCUT2D eigenvalue weighted by Gasteiger charge is 2.12. The van der Waals surface area contributed by atoms with E-state index < -0.39 is 5.54 Å². The number of hydrogen-bond acceptors (Lipinski definition) is 5. The van der Waals surface area contributed by atoms with Crippen molar-refractivity contribution in [2.75, 3.05) is 13.2 Å². The molecule has 0 spiro atoms. The smallest absolute Gasteiger partial charge is 0.258 e. The van der Waals surface area contributed by atoms with Crippen LogP contribution in [0.15, 0.2) is 48.7 Å². The predicted molar refractivity (Wildman–Crippen MR) is 87.5 cm³/mol. The zero-order valence-corrected chi connectivity index (χ0v) is 13.3. The van der Waals surface area contributed by atoms with E-state index in [-0.39, 0.29) is 12.5 Å². The highest BCUT2D eigenvalue weighted by molar-refractivity contribution is 5.77. The molecule has 0 radical (unpaired) electrons. The molecular weight excluding hydrogens is 294 g/mol. The monoisotopic (exact) mass is 315 g/mol. The van der Waals surface area contributed by atoms with E-state index in [1.807, 2.05) is 26.0 Å². The Morgan fingerprint density at radius 1 is 1.17 bits per heavy atom. The molecule has 3 N–H and O–H groups in total. The zero-order chi connectivity index (χ0) is 16.7. The van der Waals surface area contributed by atoms with Crippen molar-refractivity contribution in [3.05, 3.63) is 48.7 Å². The molecule has 2 rings (SSSR count). The Hall–Kier alpha value is -2.60. The van der Waals surface area contributed by atoms with E-state index in [1.54, 1.807) is 36.5 Å². The lowest BCUT2D eigenvalue weighted by atomic mass is 10.1. The SMILES string of the molecule is CC(C)(N)CNC(=O)COc1ccc(Oc2ccccn2)cc1. The Morgan fingerprint density at radius 2 is 1.87 bits per heavy atom. The second kappa shape index (κ2) is 7.60. The molecule has 1 aromatic carbocycles. The van der Waals surface area contributed by atoms with Crippen molar-refractivity contribution >= 4 is 5.91 Å². The molecule has 0 saturated carbocycles. The number of benzene rings is 1. The molecule has 23 heavy (non-hydrogen) atoms. The number of hydrogen-bond donors (Lipinski definition) is 2. The first-order chi connectivity index (χ1) is 10.9. The van der Waals surface area contributed by atoms with Crippen LogP contribution in [0, 0.1) is 0 Å². The number of nitrogens with two attached hydrogens (primary N) is 1. The van der Waals surface area contributed by atoms with Gasteiger partial charge in [0, 0.05) is 24.3 Å². The quantitative estimate of drug-likeness (QED) is 0.817. The molecule has 1 aromatic heterocycles. The van der Waals surface area contributed by atoms with Gasteiger partial charge in [-0.15, -0.1) is 0 Å². The minimum atomic E-state index is -0.444. The van der Waals surface area contributed by atoms with Crippen molar-refractivity contribution in [1.29, 1.82) is 0 Å². The molecule has 0 saturated heterocycles. The van der Waals surface area contributed by atoms with Crippen LogP contribution in [0.3, 0.4) is 0 Å². The van der Waals surface area contributed by atoms with Crippen LogP contribution in [-0.2, 0) is 4.79 Å². The van der Waals surface area contributed by atoms with Crippen LogP contribution in [0.1, 0.15) is 13.8 Å². The molecule has 0 aliphatic heterocycles. The van der Waals surface area contributed by atoms with Gasteiger partial charge in [-0.25, -0.2) is 4.98 Å². The number of amides is 1. The van der Waals surface area contributed by atoms with Gasteiger partial charge in [0.25, 0.3) is 5.91 Å². The maximum Gasteiger partial charge on any atom is 0.258 e. The highest BCUT2D eigenvalue weighted by atomic mass is 16.5. The summed E-state index contributed by atoms with van der Waals surface area (Å²) in [6.07, 6.45) is 1.66. The molecule has 1 amide bonds. The molecule has 6 nitrogen and oxygen atoms in total. The Bertz CT molecular complexity index is 622. The molecule has 0 unspecified atom stereocenters. The standard InChI is InChI=1S/C17H21N3O3/c1-17(2,18)12-20-15(21)11-22-13-6-8-14(9-7-13)23-16-5-3-4-10-19-16/h3-10H,11-12,18H2,1-2H3,(H,20,21). The summed E-state index contributed by atoms with van der Waals surface area (Å²) in [6, 6.07) is 12.4. The third-order valence-electron chi connectivity index (χ3n) is 2.80. The van der Waals surface area contributed by atoms with E-state index in [4.69, 9.17) is 15.2 Å². The third-order valence-corrected chi connectivity index (χ3v) is 2.80. The van der Waals surface area contributed by atoms with Crippen LogP contribution in [0.4, 0.5) is 0 Å². The Kier molecular flexibility index (Phi) is 5.54. The fraction of sp³-hybridized carbons (Fsp3) is 0.294. The van der Waals surface area contributed by atoms with Crippen molar-refractivity contribution < 1.29 is 14.3 Å². The molecule has 1 heterocycles. The molecule has 0 aliphatic rings. The first-order valence-corrected chi connectivity index (χ1v) is 7.30. The van der Waals surface area contributed by atoms with Gasteiger partial charge < -0.3 is 20.5 Å². The maximum atomic E-state index is 11.6. The summed E-state index contributed by atoms with van der Waals surface area (Å²) >= 11 is 0. The molecule has 0 atom stereocenters. The predicted octanol–water partition coefficient (Wildman–Crippen LogP) is 2.11. The molecule has 122 valence electrons. The molecule has 0 aliphatic carbocycles. The van der Waals surface area contributed by atoms with Gasteiger partial charge in [-0.3, -0.25) is 4.79 Å². The number of pyridine rings is 1. The zero-order valence-electron chi connectivity index (χ0n) is 13.3. The number of nitrogens with zero attached hydrogens (tertiary/aromatic N) is 1. The van der Waals surface area contributed by atoms with Crippen molar-refractivity contribution in [1.82, 2.24) is 10.3 Å². The van der Waals surface area contributed by atoms with Crippen LogP contribution in [-0.4, -0.2) is 29.6 Å². The van der Waals surface area contributed by atoms with E-state index >= 15 is 0 Å². The largest absolute Gasteiger partial charge is 0.484 e. The average Bonchev–Trinajstić information content (AvgIpc) is 2.52. The van der Waals surface area contributed by atoms with Gasteiger partial charge in [0.2, 0.25) is 5.88 Å². The molecular formula is C17H21N3O3. The van der Waals surface area contributed by atoms with E-state index in [2.05, 4.69) is 10.3 Å². The van der Waals surface area contributed by atoms with Crippen molar-refractivity contribution in [3.63, 3.8) is 0 Å². The van der Waals surface area contributed by atoms with Crippen LogP contribution in [0.25, 0.3) is 0 Å². The van der Waals surface area contributed by atoms with Crippen LogP contribution in [0.5, 0.6) is 17.4 Å². The lowest BCUT2D eigenvalue weighted by Crippen LogP contribution is -2.46. The lowest BCUT2D eigenvalue weighted by Gasteiger charge is -2.18. The van der Waals surface area contributed by atoms with Crippen LogP contribution in [0.2, 0.25) is 0 Å². The summed E-state index contributed by atoms with van der Waals surface area (Å²) in [7, 11) is 0. The fourth-order valence-electron chi connectivity index (χ4n) is 1.66. The van der Waals surface area contributed by atoms with Crippen molar-refractivity contribution in [2.45, 2.75) is 19.4 Å². The molecule has 2 aromatic rings. The summed E-state index contributed by atoms with van der Waals surface area (Å²) in [5, 5.41) is 2.72. The minimum absolute atomic E-state index is 0.0590. The van der Waals surface area contributed by atoms with Gasteiger partial charge in [-0.05, 0) is 44.2 Å². The second-order valence-electron chi connectivity index (χ2n) is 5.80. The number of rotatable bonds is 7. The first-order valence-electron chi connectivity index (χ1n) is 7.30. The van der Waals surface area contributed by atoms with Gasteiger partial charge in [0.1, 0.15) is 11.5 Å². The molecule has 0 bridgehead atoms. The summed E-state index contributed by atoms with van der Waals surface area (Å²) in [5.74, 6) is 1.54. The Labute approximate surface area is 135 Å². The number of aromatic nitrogens is 1. The van der Waals surface area contributed by atoms with E-state index in [0.717, 1.165) is 0 Å². The summed E-state index contributed by atoms with van der Waals surface area (Å²) in [4.78, 5) is 15.7. The number of nitrogens with one attached hydrogen (secondary N) is 1. The number of carbonyl (C=O) groups excluding carboxylic acids is 1. The van der Waals surface area contributed by atoms with Crippen molar-refractivity contribution in [2.24, 2.45) is 5.73 Å². The normalized spacial score (nSPS) is 10.9. The minimum Gasteiger partial charge on any atom is -0.484 e. The average molecular weight is 315 g/mol. The Morgan fingerprint density at radius 3 is 2.48 bits per heavy atom. The summed E-state index contributed by atoms with van der Waals surface area (Å²) in [6.45, 7) is 4.02. The van der Waals surface area contributed by atoms with E-state index in [9.17, 15) is 4.79 Å². The van der Waals surface area contributed by atoms with Gasteiger partial charge in [-0.1, -0.05) is 6.07 Å². The highest BCUT2D eigenvalue weighted by Crippen LogP contribution is 2.22. The lowest BCUT2D eigenvalue weighted by molar-refractivity contribution is -0.123. The third kappa shape index (κ3) is 6.36. The maximum absolute atomic E-state index is 11.6. The van der Waals surface area contributed by atoms with Crippen LogP contribution < -0.4 is 20.5 Å². The summed E-state index contributed by atoms with van der Waals surface area (Å²) in [5.41, 5.74) is 5.35. The number of ether oxygens (including phenoxy) is 2.